The zero-order chi connectivity index (χ0) is 13.5. The molecule has 18 heavy (non-hydrogen) atoms. The molecule has 0 saturated heterocycles. The Morgan fingerprint density at radius 3 is 2.61 bits per heavy atom. The zero-order valence-electron chi connectivity index (χ0n) is 11.7. The highest BCUT2D eigenvalue weighted by Gasteiger charge is 2.28. The van der Waals surface area contributed by atoms with Gasteiger partial charge >= 0.3 is 5.97 Å². The molecular formula is C14H25NO3. The van der Waals surface area contributed by atoms with Gasteiger partial charge in [-0.25, -0.2) is 0 Å². The highest BCUT2D eigenvalue weighted by molar-refractivity contribution is 5.81. The van der Waals surface area contributed by atoms with Crippen molar-refractivity contribution in [1.82, 2.24) is 5.32 Å². The van der Waals surface area contributed by atoms with Crippen molar-refractivity contribution in [2.45, 2.75) is 58.9 Å². The summed E-state index contributed by atoms with van der Waals surface area (Å²) in [5.74, 6) is 0.853. The lowest BCUT2D eigenvalue weighted by atomic mass is 9.78. The average Bonchev–Trinajstić information content (AvgIpc) is 2.33. The van der Waals surface area contributed by atoms with Crippen LogP contribution in [-0.4, -0.2) is 24.5 Å². The number of carbonyl (C=O) groups excluding carboxylic acids is 2. The molecule has 0 heterocycles. The Kier molecular flexibility index (Phi) is 6.16. The predicted molar refractivity (Wildman–Crippen MR) is 70.0 cm³/mol. The Hall–Kier alpha value is -1.06. The smallest absolute Gasteiger partial charge is 0.306 e. The van der Waals surface area contributed by atoms with Gasteiger partial charge in [-0.3, -0.25) is 9.59 Å². The van der Waals surface area contributed by atoms with E-state index >= 15 is 0 Å². The molecule has 0 unspecified atom stereocenters. The van der Waals surface area contributed by atoms with Crippen LogP contribution in [0.2, 0.25) is 0 Å². The first-order chi connectivity index (χ1) is 8.54. The van der Waals surface area contributed by atoms with Gasteiger partial charge < -0.3 is 10.1 Å². The summed E-state index contributed by atoms with van der Waals surface area (Å²) in [4.78, 5) is 22.9. The standard InChI is InChI=1S/C14H25NO3/c1-4-18-14(17)9-8-13(16)15-12-7-5-6-10(2)11(12)3/h10-12H,4-9H2,1-3H3,(H,15,16)/t10-,11-,12+/m0/s1. The highest BCUT2D eigenvalue weighted by Crippen LogP contribution is 2.29. The number of rotatable bonds is 5. The maximum atomic E-state index is 11.8. The van der Waals surface area contributed by atoms with Gasteiger partial charge in [-0.2, -0.15) is 0 Å². The molecule has 1 saturated carbocycles. The number of hydrogen-bond donors (Lipinski definition) is 1. The van der Waals surface area contributed by atoms with Gasteiger partial charge in [0.15, 0.2) is 0 Å². The normalized spacial score (nSPS) is 27.6. The van der Waals surface area contributed by atoms with Crippen molar-refractivity contribution in [3.05, 3.63) is 0 Å². The van der Waals surface area contributed by atoms with E-state index in [2.05, 4.69) is 19.2 Å². The first-order valence-corrected chi connectivity index (χ1v) is 6.99. The van der Waals surface area contributed by atoms with Crippen LogP contribution in [0.15, 0.2) is 0 Å². The molecule has 0 bridgehead atoms. The number of hydrogen-bond acceptors (Lipinski definition) is 3. The van der Waals surface area contributed by atoms with Gasteiger partial charge in [0, 0.05) is 12.5 Å². The molecule has 0 aromatic carbocycles. The third-order valence-electron chi connectivity index (χ3n) is 3.91. The molecular weight excluding hydrogens is 230 g/mol. The van der Waals surface area contributed by atoms with Gasteiger partial charge in [0.1, 0.15) is 0 Å². The monoisotopic (exact) mass is 255 g/mol. The topological polar surface area (TPSA) is 55.4 Å². The summed E-state index contributed by atoms with van der Waals surface area (Å²) >= 11 is 0. The van der Waals surface area contributed by atoms with Crippen LogP contribution in [0.25, 0.3) is 0 Å². The summed E-state index contributed by atoms with van der Waals surface area (Å²) in [6.07, 6.45) is 3.88. The van der Waals surface area contributed by atoms with Gasteiger partial charge in [-0.05, 0) is 25.2 Å². The lowest BCUT2D eigenvalue weighted by Crippen LogP contribution is -2.43. The fourth-order valence-electron chi connectivity index (χ4n) is 2.51. The largest absolute Gasteiger partial charge is 0.466 e. The molecule has 1 aliphatic rings. The van der Waals surface area contributed by atoms with Crippen LogP contribution in [0, 0.1) is 11.8 Å². The minimum atomic E-state index is -0.294. The summed E-state index contributed by atoms with van der Waals surface area (Å²) in [6, 6.07) is 0.267. The van der Waals surface area contributed by atoms with Crippen molar-refractivity contribution in [1.29, 1.82) is 0 Å². The minimum Gasteiger partial charge on any atom is -0.466 e. The van der Waals surface area contributed by atoms with Gasteiger partial charge in [0.2, 0.25) is 5.91 Å². The van der Waals surface area contributed by atoms with Crippen molar-refractivity contribution in [2.75, 3.05) is 6.61 Å². The molecule has 0 aromatic rings. The van der Waals surface area contributed by atoms with Crippen LogP contribution in [-0.2, 0) is 14.3 Å². The fourth-order valence-corrected chi connectivity index (χ4v) is 2.51. The van der Waals surface area contributed by atoms with Crippen molar-refractivity contribution >= 4 is 11.9 Å². The third kappa shape index (κ3) is 4.67. The van der Waals surface area contributed by atoms with E-state index < -0.39 is 0 Å². The maximum absolute atomic E-state index is 11.8. The Bertz CT molecular complexity index is 291. The average molecular weight is 255 g/mol. The molecule has 0 spiro atoms. The van der Waals surface area contributed by atoms with Crippen molar-refractivity contribution in [3.63, 3.8) is 0 Å². The zero-order valence-corrected chi connectivity index (χ0v) is 11.7. The van der Waals surface area contributed by atoms with Gasteiger partial charge in [0.25, 0.3) is 0 Å². The molecule has 1 amide bonds. The minimum absolute atomic E-state index is 0.0333. The Balaban J connectivity index is 2.29. The third-order valence-corrected chi connectivity index (χ3v) is 3.91. The van der Waals surface area contributed by atoms with Gasteiger partial charge in [0.05, 0.1) is 13.0 Å². The number of ether oxygens (including phenoxy) is 1. The van der Waals surface area contributed by atoms with Crippen LogP contribution in [0.5, 0.6) is 0 Å². The summed E-state index contributed by atoms with van der Waals surface area (Å²) in [5, 5.41) is 3.05. The fraction of sp³-hybridized carbons (Fsp3) is 0.857. The SMILES string of the molecule is CCOC(=O)CCC(=O)N[C@@H]1CCC[C@H](C)[C@@H]1C. The van der Waals surface area contributed by atoms with E-state index in [1.165, 1.54) is 12.8 Å². The summed E-state index contributed by atoms with van der Waals surface area (Å²) in [7, 11) is 0. The first-order valence-electron chi connectivity index (χ1n) is 6.99. The van der Waals surface area contributed by atoms with E-state index in [1.54, 1.807) is 6.92 Å². The van der Waals surface area contributed by atoms with Crippen molar-refractivity contribution in [3.8, 4) is 0 Å². The molecule has 0 radical (unpaired) electrons. The Morgan fingerprint density at radius 2 is 1.94 bits per heavy atom. The second-order valence-corrected chi connectivity index (χ2v) is 5.25. The van der Waals surface area contributed by atoms with E-state index in [1.807, 2.05) is 0 Å². The molecule has 1 N–H and O–H groups in total. The first kappa shape index (κ1) is 15.0. The highest BCUT2D eigenvalue weighted by atomic mass is 16.5. The number of amides is 1. The lowest BCUT2D eigenvalue weighted by Gasteiger charge is -2.34. The number of carbonyl (C=O) groups is 2. The molecule has 104 valence electrons. The number of esters is 1. The second-order valence-electron chi connectivity index (χ2n) is 5.25. The predicted octanol–water partition coefficient (Wildman–Crippen LogP) is 2.27. The van der Waals surface area contributed by atoms with E-state index in [-0.39, 0.29) is 30.8 Å². The summed E-state index contributed by atoms with van der Waals surface area (Å²) in [5.41, 5.74) is 0. The van der Waals surface area contributed by atoms with E-state index in [0.717, 1.165) is 6.42 Å². The van der Waals surface area contributed by atoms with Crippen LogP contribution < -0.4 is 5.32 Å². The van der Waals surface area contributed by atoms with E-state index in [4.69, 9.17) is 4.74 Å². The van der Waals surface area contributed by atoms with Crippen LogP contribution in [0.3, 0.4) is 0 Å². The molecule has 4 heteroatoms. The van der Waals surface area contributed by atoms with E-state index in [9.17, 15) is 9.59 Å². The van der Waals surface area contributed by atoms with Crippen molar-refractivity contribution < 1.29 is 14.3 Å². The lowest BCUT2D eigenvalue weighted by molar-refractivity contribution is -0.144. The van der Waals surface area contributed by atoms with Gasteiger partial charge in [-0.15, -0.1) is 0 Å². The molecule has 3 atom stereocenters. The molecule has 1 rings (SSSR count). The second kappa shape index (κ2) is 7.39. The van der Waals surface area contributed by atoms with Crippen LogP contribution in [0.4, 0.5) is 0 Å². The van der Waals surface area contributed by atoms with Crippen molar-refractivity contribution in [2.24, 2.45) is 11.8 Å². The summed E-state index contributed by atoms with van der Waals surface area (Å²) in [6.45, 7) is 6.57. The summed E-state index contributed by atoms with van der Waals surface area (Å²) < 4.78 is 4.80. The number of nitrogens with one attached hydrogen (secondary N) is 1. The molecule has 0 aromatic heterocycles. The molecule has 4 nitrogen and oxygen atoms in total. The Morgan fingerprint density at radius 1 is 1.22 bits per heavy atom. The molecule has 1 fully saturated rings. The molecule has 1 aliphatic carbocycles. The van der Waals surface area contributed by atoms with Gasteiger partial charge in [-0.1, -0.05) is 26.7 Å². The molecule has 0 aliphatic heterocycles. The maximum Gasteiger partial charge on any atom is 0.306 e. The quantitative estimate of drug-likeness (QED) is 0.767. The van der Waals surface area contributed by atoms with Crippen LogP contribution >= 0.6 is 0 Å². The Labute approximate surface area is 109 Å². The van der Waals surface area contributed by atoms with Crippen LogP contribution in [0.1, 0.15) is 52.9 Å². The van der Waals surface area contributed by atoms with E-state index in [0.29, 0.717) is 18.4 Å².